The number of halogens is 2. The molecule has 144 valence electrons. The quantitative estimate of drug-likeness (QED) is 0.182. The van der Waals surface area contributed by atoms with Crippen LogP contribution in [0.5, 0.6) is 0 Å². The number of nitriles is 2. The third kappa shape index (κ3) is 21.7. The van der Waals surface area contributed by atoms with Crippen molar-refractivity contribution in [3.05, 3.63) is 97.1 Å². The van der Waals surface area contributed by atoms with Crippen LogP contribution in [0.25, 0.3) is 0 Å². The minimum absolute atomic E-state index is 0. The number of allylic oxidation sites excluding steroid dienone is 2. The van der Waals surface area contributed by atoms with Gasteiger partial charge in [0.05, 0.1) is 23.3 Å². The summed E-state index contributed by atoms with van der Waals surface area (Å²) >= 11 is 0.832. The van der Waals surface area contributed by atoms with E-state index in [0.29, 0.717) is 11.1 Å². The van der Waals surface area contributed by atoms with Crippen LogP contribution in [0, 0.1) is 22.7 Å². The summed E-state index contributed by atoms with van der Waals surface area (Å²) in [6.07, 6.45) is 3.91. The standard InChI is InChI=1S/2C7H5N.2C3H5.2HI.2Pd/c2*8-6-7-4-2-1-3-5-7;2*1-3-2;;;;/h2*1-5H;2*3H,1-2H2;2*1H;;/q;;;;;;;+2/p-2. The van der Waals surface area contributed by atoms with Crippen LogP contribution >= 0.6 is 0 Å². The molecule has 0 radical (unpaired) electrons. The Morgan fingerprint density at radius 1 is 0.731 bits per heavy atom. The van der Waals surface area contributed by atoms with E-state index < -0.39 is 0 Å². The fourth-order valence-electron chi connectivity index (χ4n) is 1.21. The van der Waals surface area contributed by atoms with Gasteiger partial charge < -0.3 is 48.0 Å². The molecule has 0 heterocycles. The first-order chi connectivity index (χ1) is 11.3. The number of hydrogen-bond acceptors (Lipinski definition) is 2. The zero-order valence-corrected chi connectivity index (χ0v) is 21.5. The molecule has 0 aromatic heterocycles. The van der Waals surface area contributed by atoms with Gasteiger partial charge in [-0.3, -0.25) is 0 Å². The fourth-order valence-corrected chi connectivity index (χ4v) is 2.10. The molecule has 0 N–H and O–H groups in total. The van der Waals surface area contributed by atoms with Crippen LogP contribution in [0.3, 0.4) is 0 Å². The third-order valence-corrected chi connectivity index (χ3v) is 3.97. The molecule has 6 heteroatoms. The molecule has 0 amide bonds. The van der Waals surface area contributed by atoms with Gasteiger partial charge in [0, 0.05) is 0 Å². The fraction of sp³-hybridized carbons (Fsp3) is 0.100. The Morgan fingerprint density at radius 2 is 1.04 bits per heavy atom. The average Bonchev–Trinajstić information content (AvgIpc) is 2.64. The van der Waals surface area contributed by atoms with Gasteiger partial charge in [0.2, 0.25) is 0 Å². The van der Waals surface area contributed by atoms with Crippen molar-refractivity contribution in [1.29, 1.82) is 10.5 Å². The first-order valence-corrected chi connectivity index (χ1v) is 9.05. The van der Waals surface area contributed by atoms with E-state index in [1.54, 1.807) is 24.3 Å². The van der Waals surface area contributed by atoms with E-state index in [1.165, 1.54) is 9.79 Å². The van der Waals surface area contributed by atoms with E-state index in [9.17, 15) is 0 Å². The first kappa shape index (κ1) is 33.3. The molecule has 0 atom stereocenters. The predicted molar refractivity (Wildman–Crippen MR) is 92.3 cm³/mol. The molecule has 0 unspecified atom stereocenters. The van der Waals surface area contributed by atoms with Crippen molar-refractivity contribution >= 4 is 0 Å². The summed E-state index contributed by atoms with van der Waals surface area (Å²) < 4.78 is 0. The third-order valence-electron chi connectivity index (χ3n) is 2.17. The van der Waals surface area contributed by atoms with Crippen molar-refractivity contribution in [3.8, 4) is 12.1 Å². The van der Waals surface area contributed by atoms with Crippen molar-refractivity contribution in [1.82, 2.24) is 0 Å². The van der Waals surface area contributed by atoms with Crippen molar-refractivity contribution < 1.29 is 86.4 Å². The Morgan fingerprint density at radius 3 is 1.23 bits per heavy atom. The van der Waals surface area contributed by atoms with Gasteiger partial charge in [-0.2, -0.15) is 10.5 Å². The van der Waals surface area contributed by atoms with Crippen molar-refractivity contribution in [2.24, 2.45) is 0 Å². The molecule has 0 bridgehead atoms. The maximum absolute atomic E-state index is 8.29. The van der Waals surface area contributed by atoms with Crippen LogP contribution < -0.4 is 48.0 Å². The molecule has 2 aromatic carbocycles. The zero-order valence-electron chi connectivity index (χ0n) is 14.0. The van der Waals surface area contributed by atoms with E-state index in [0.717, 1.165) is 18.0 Å². The van der Waals surface area contributed by atoms with E-state index >= 15 is 0 Å². The van der Waals surface area contributed by atoms with Gasteiger partial charge in [-0.1, -0.05) is 36.4 Å². The van der Waals surface area contributed by atoms with Crippen molar-refractivity contribution in [2.75, 3.05) is 0 Å². The molecule has 2 aromatic rings. The molecule has 0 aliphatic carbocycles. The predicted octanol–water partition coefficient (Wildman–Crippen LogP) is -0.600. The monoisotopic (exact) mass is 754 g/mol. The Kier molecular flexibility index (Phi) is 34.4. The molecule has 0 aliphatic heterocycles. The van der Waals surface area contributed by atoms with Crippen LogP contribution in [0.4, 0.5) is 0 Å². The summed E-state index contributed by atoms with van der Waals surface area (Å²) in [5, 5.41) is 16.6. The maximum atomic E-state index is 8.29. The van der Waals surface area contributed by atoms with Crippen molar-refractivity contribution in [3.63, 3.8) is 0 Å². The largest absolute Gasteiger partial charge is 2.00 e. The summed E-state index contributed by atoms with van der Waals surface area (Å²) in [4.78, 5) is 2.33. The Balaban J connectivity index is -0.000000133. The van der Waals surface area contributed by atoms with Crippen LogP contribution in [-0.2, 0) is 38.4 Å². The second-order valence-electron chi connectivity index (χ2n) is 3.95. The summed E-state index contributed by atoms with van der Waals surface area (Å²) in [7, 11) is 0. The van der Waals surface area contributed by atoms with E-state index in [-0.39, 0.29) is 68.4 Å². The molecule has 0 fully saturated rings. The van der Waals surface area contributed by atoms with Crippen LogP contribution in [-0.4, -0.2) is 0 Å². The average molecular weight is 755 g/mol. The van der Waals surface area contributed by atoms with Crippen LogP contribution in [0.1, 0.15) is 11.1 Å². The molecular formula is C20H20I2N2Pd2. The molecule has 0 saturated carbocycles. The summed E-state index contributed by atoms with van der Waals surface area (Å²) in [5.41, 5.74) is 1.43. The van der Waals surface area contributed by atoms with Crippen LogP contribution in [0.15, 0.2) is 86.0 Å². The summed E-state index contributed by atoms with van der Waals surface area (Å²) in [6, 6.07) is 22.3. The smallest absolute Gasteiger partial charge is 1.00 e. The second-order valence-corrected chi connectivity index (χ2v) is 6.00. The van der Waals surface area contributed by atoms with E-state index in [4.69, 9.17) is 10.5 Å². The molecule has 2 nitrogen and oxygen atoms in total. The summed E-state index contributed by atoms with van der Waals surface area (Å²) in [6.45, 7) is 7.22. The van der Waals surface area contributed by atoms with Gasteiger partial charge >= 0.3 is 73.5 Å². The number of hydrogen-bond donors (Lipinski definition) is 0. The minimum Gasteiger partial charge on any atom is -1.00 e. The Bertz CT molecular complexity index is 579. The molecule has 0 saturated heterocycles. The zero-order chi connectivity index (χ0) is 17.2. The molecule has 2 rings (SSSR count). The molecule has 26 heavy (non-hydrogen) atoms. The minimum atomic E-state index is 0. The summed E-state index contributed by atoms with van der Waals surface area (Å²) in [5.74, 6) is 0. The van der Waals surface area contributed by atoms with Gasteiger partial charge in [-0.05, 0) is 24.3 Å². The second kappa shape index (κ2) is 26.9. The van der Waals surface area contributed by atoms with Gasteiger partial charge in [0.25, 0.3) is 0 Å². The Labute approximate surface area is 213 Å². The molecular weight excluding hydrogens is 735 g/mol. The number of nitrogens with zero attached hydrogens (tertiary/aromatic N) is 2. The number of rotatable bonds is 4. The van der Waals surface area contributed by atoms with Gasteiger partial charge in [0.1, 0.15) is 0 Å². The first-order valence-electron chi connectivity index (χ1n) is 6.85. The molecule has 0 aliphatic rings. The van der Waals surface area contributed by atoms with Gasteiger partial charge in [-0.15, -0.1) is 0 Å². The number of benzene rings is 2. The normalized spacial score (nSPS) is 7.15. The maximum Gasteiger partial charge on any atom is 2.00 e. The van der Waals surface area contributed by atoms with E-state index in [2.05, 4.69) is 13.2 Å². The van der Waals surface area contributed by atoms with Crippen LogP contribution in [0.2, 0.25) is 9.79 Å². The molecule has 0 spiro atoms. The topological polar surface area (TPSA) is 47.6 Å². The van der Waals surface area contributed by atoms with Gasteiger partial charge in [-0.25, -0.2) is 0 Å². The van der Waals surface area contributed by atoms with E-state index in [1.807, 2.05) is 60.7 Å². The SMILES string of the molecule is C=C[CH2][Pd][CH2]C=C.N#Cc1ccccc1.N#Cc1ccccc1.[I-].[I-].[Pd+2]. The van der Waals surface area contributed by atoms with Gasteiger partial charge in [0.15, 0.2) is 0 Å². The van der Waals surface area contributed by atoms with Crippen molar-refractivity contribution in [2.45, 2.75) is 9.79 Å². The Hall–Kier alpha value is -0.315.